The van der Waals surface area contributed by atoms with Crippen LogP contribution < -0.4 is 42.7 Å². The normalized spacial score (nSPS) is 20.6. The third kappa shape index (κ3) is 10.3. The number of rotatable bonds is 14. The number of Topliss-reactive ketones (excluding diaryl/α,β-unsaturated/α-hetero) is 2. The molecule has 0 radical (unpaired) electrons. The van der Waals surface area contributed by atoms with Gasteiger partial charge in [-0.05, 0) is 145 Å². The zero-order chi connectivity index (χ0) is 60.5. The maximum Gasteiger partial charge on any atom is 0.228 e. The van der Waals surface area contributed by atoms with Crippen LogP contribution in [-0.4, -0.2) is 55.1 Å². The van der Waals surface area contributed by atoms with Crippen LogP contribution in [0.2, 0.25) is 0 Å². The van der Waals surface area contributed by atoms with E-state index >= 15 is 0 Å². The van der Waals surface area contributed by atoms with E-state index in [9.17, 15) is 28.8 Å². The van der Waals surface area contributed by atoms with Crippen molar-refractivity contribution in [3.05, 3.63) is 211 Å². The van der Waals surface area contributed by atoms with E-state index in [-0.39, 0.29) is 80.5 Å². The van der Waals surface area contributed by atoms with Crippen molar-refractivity contribution >= 4 is 80.2 Å². The molecule has 4 aromatic carbocycles. The molecule has 86 heavy (non-hydrogen) atoms. The summed E-state index contributed by atoms with van der Waals surface area (Å²) in [5.41, 5.74) is 10.9. The molecule has 0 spiro atoms. The monoisotopic (exact) mass is 1140 g/mol. The Morgan fingerprint density at radius 3 is 0.826 bits per heavy atom. The Kier molecular flexibility index (Phi) is 13.1. The Morgan fingerprint density at radius 2 is 0.581 bits per heavy atom. The molecule has 0 saturated heterocycles. The minimum Gasteiger partial charge on any atom is -0.354 e. The molecule has 14 heteroatoms. The van der Waals surface area contributed by atoms with E-state index < -0.39 is 0 Å². The van der Waals surface area contributed by atoms with E-state index in [4.69, 9.17) is 0 Å². The van der Waals surface area contributed by atoms with Crippen LogP contribution in [0.4, 0.5) is 22.7 Å². The molecule has 5 aliphatic rings. The highest BCUT2D eigenvalue weighted by Crippen LogP contribution is 2.55. The molecule has 4 amide bonds. The summed E-state index contributed by atoms with van der Waals surface area (Å²) in [5.74, 6) is -1.37. The van der Waals surface area contributed by atoms with Crippen molar-refractivity contribution in [3.8, 4) is 0 Å². The fraction of sp³-hybridized carbons (Fsp3) is 0.306. The van der Waals surface area contributed by atoms with E-state index in [2.05, 4.69) is 96.6 Å². The lowest BCUT2D eigenvalue weighted by Gasteiger charge is -2.19. The quantitative estimate of drug-likeness (QED) is 0.0496. The second-order valence-electron chi connectivity index (χ2n) is 27.3. The molecular weight excluding hydrogens is 1070 g/mol. The maximum absolute atomic E-state index is 14.3. The van der Waals surface area contributed by atoms with Gasteiger partial charge in [0.2, 0.25) is 23.6 Å². The predicted octanol–water partition coefficient (Wildman–Crippen LogP) is 10.6. The van der Waals surface area contributed by atoms with Crippen molar-refractivity contribution in [2.75, 3.05) is 21.3 Å². The largest absolute Gasteiger partial charge is 0.354 e. The average Bonchev–Trinajstić information content (AvgIpc) is 2.02. The molecule has 0 unspecified atom stereocenters. The van der Waals surface area contributed by atoms with Crippen molar-refractivity contribution in [2.24, 2.45) is 45.3 Å². The number of carbonyl (C=O) groups excluding carboxylic acids is 6. The lowest BCUT2D eigenvalue weighted by atomic mass is 9.97. The molecule has 4 saturated carbocycles. The number of carbonyl (C=O) groups is 6. The smallest absolute Gasteiger partial charge is 0.228 e. The highest BCUT2D eigenvalue weighted by molar-refractivity contribution is 6.07. The van der Waals surface area contributed by atoms with Gasteiger partial charge in [0.1, 0.15) is 0 Å². The number of hydrogen-bond acceptors (Lipinski definition) is 6. The van der Waals surface area contributed by atoms with Gasteiger partial charge in [-0.1, -0.05) is 116 Å². The van der Waals surface area contributed by atoms with Gasteiger partial charge in [-0.3, -0.25) is 28.8 Å². The first-order valence-corrected chi connectivity index (χ1v) is 29.9. The molecule has 4 atom stereocenters. The number of H-pyrrole nitrogens is 4. The number of amides is 4. The standard InChI is InChI=1S/C72H72N8O6/c1-37(81)39-17-21-41(22-18-39)59-51-25-29-55(73-51)63(61-47(77-65(83)43-33-69(43,3)4)13-11-14-48(61)78-66(84)44-34-70(44,5)6)57-31-27-53(75-57)60(42-23-19-40(20-24-42)38(2)82)54-28-32-58(76-54)64(56-30-26-52(59)74-56)62-49(79-67(85)45-35-71(45,7)8)15-12-16-50(62)80-68(86)46-36-72(46,9)10/h11-32,43-46,73-76H,33-36H2,1-10H3,(H,77,83)(H,78,84)(H,79,85)(H,80,86)/t43-,44+,45-,46+. The first-order chi connectivity index (χ1) is 40.9. The molecule has 8 aromatic rings. The number of benzene rings is 4. The minimum atomic E-state index is -0.202. The highest BCUT2D eigenvalue weighted by Gasteiger charge is 2.53. The van der Waals surface area contributed by atoms with E-state index in [1.54, 1.807) is 13.8 Å². The van der Waals surface area contributed by atoms with Crippen molar-refractivity contribution in [3.63, 3.8) is 0 Å². The Hall–Kier alpha value is -9.30. The van der Waals surface area contributed by atoms with Crippen LogP contribution in [-0.2, 0) is 19.2 Å². The Morgan fingerprint density at radius 1 is 0.337 bits per heavy atom. The zero-order valence-corrected chi connectivity index (χ0v) is 50.3. The van der Waals surface area contributed by atoms with Gasteiger partial charge in [0, 0.05) is 112 Å². The van der Waals surface area contributed by atoms with Gasteiger partial charge in [-0.25, -0.2) is 0 Å². The number of fused-ring (bicyclic) bond motifs is 8. The number of nitrogens with one attached hydrogen (secondary N) is 8. The van der Waals surface area contributed by atoms with Crippen LogP contribution in [0.1, 0.15) is 161 Å². The summed E-state index contributed by atoms with van der Waals surface area (Å²) < 4.78 is 0. The molecule has 4 fully saturated rings. The summed E-state index contributed by atoms with van der Waals surface area (Å²) in [4.78, 5) is 98.3. The van der Waals surface area contributed by atoms with Gasteiger partial charge in [0.25, 0.3) is 0 Å². The van der Waals surface area contributed by atoms with Crippen molar-refractivity contribution in [2.45, 2.75) is 94.9 Å². The molecule has 14 nitrogen and oxygen atoms in total. The number of aromatic amines is 4. The average molecular weight is 1150 g/mol. The van der Waals surface area contributed by atoms with Crippen molar-refractivity contribution < 1.29 is 28.8 Å². The minimum absolute atomic E-state index is 0.0697. The number of anilines is 4. The molecule has 1 aliphatic heterocycles. The van der Waals surface area contributed by atoms with Gasteiger partial charge in [-0.15, -0.1) is 0 Å². The number of aromatic nitrogens is 4. The number of hydrogen-bond donors (Lipinski definition) is 8. The van der Waals surface area contributed by atoms with E-state index in [1.165, 1.54) is 0 Å². The second-order valence-corrected chi connectivity index (χ2v) is 27.3. The van der Waals surface area contributed by atoms with Crippen LogP contribution in [0.25, 0.3) is 22.3 Å². The second kappa shape index (κ2) is 20.2. The summed E-state index contributed by atoms with van der Waals surface area (Å²) in [5, 5.41) is 16.0. The maximum atomic E-state index is 14.3. The van der Waals surface area contributed by atoms with Crippen LogP contribution in [0.15, 0.2) is 133 Å². The Bertz CT molecular complexity index is 4090. The topological polar surface area (TPSA) is 214 Å². The third-order valence-corrected chi connectivity index (χ3v) is 19.0. The van der Waals surface area contributed by atoms with E-state index in [0.717, 1.165) is 48.0 Å². The Labute approximate surface area is 499 Å². The van der Waals surface area contributed by atoms with Crippen LogP contribution >= 0.6 is 0 Å². The van der Waals surface area contributed by atoms with Gasteiger partial charge >= 0.3 is 0 Å². The molecule has 8 bridgehead atoms. The van der Waals surface area contributed by atoms with Crippen molar-refractivity contribution in [1.82, 2.24) is 19.9 Å². The van der Waals surface area contributed by atoms with Crippen LogP contribution in [0.3, 0.4) is 0 Å². The summed E-state index contributed by atoms with van der Waals surface area (Å²) in [7, 11) is 0. The van der Waals surface area contributed by atoms with E-state index in [1.807, 2.05) is 133 Å². The highest BCUT2D eigenvalue weighted by atomic mass is 16.2. The molecule has 13 rings (SSSR count). The summed E-state index contributed by atoms with van der Waals surface area (Å²) >= 11 is 0. The SMILES string of the molecule is CC(=O)c1ccc(C2=c3ccc([nH]3)=C(c3c(NC(=O)[C@H]4CC4(C)C)cccc3NC(=O)[C@@H]3CC3(C)C)c3ccc([nH]3)C(c3ccc(C(C)=O)cc3)=c3ccc([nH]3)=C(c3c(NC(=O)[C@H]4CC4(C)C)cccc3NC(=O)[C@@H]3CC3(C)C)c3ccc2[nH]3)cc1. The van der Waals surface area contributed by atoms with Crippen LogP contribution in [0.5, 0.6) is 0 Å². The summed E-state index contributed by atoms with van der Waals surface area (Å²) in [6.07, 6.45) is 2.98. The lowest BCUT2D eigenvalue weighted by molar-refractivity contribution is -0.118. The Balaban J connectivity index is 1.12. The fourth-order valence-electron chi connectivity index (χ4n) is 12.8. The van der Waals surface area contributed by atoms with Gasteiger partial charge in [0.15, 0.2) is 11.6 Å². The lowest BCUT2D eigenvalue weighted by Crippen LogP contribution is -2.23. The van der Waals surface area contributed by atoms with Gasteiger partial charge in [0.05, 0.1) is 22.7 Å². The first kappa shape index (κ1) is 55.9. The summed E-state index contributed by atoms with van der Waals surface area (Å²) in [6, 6.07) is 42.3. The molecule has 4 aromatic heterocycles. The van der Waals surface area contributed by atoms with Crippen molar-refractivity contribution in [1.29, 1.82) is 0 Å². The zero-order valence-electron chi connectivity index (χ0n) is 50.3. The number of ketones is 2. The fourth-order valence-corrected chi connectivity index (χ4v) is 12.8. The summed E-state index contributed by atoms with van der Waals surface area (Å²) in [6.45, 7) is 19.8. The molecule has 8 N–H and O–H groups in total. The molecule has 5 heterocycles. The van der Waals surface area contributed by atoms with E-state index in [0.29, 0.717) is 100 Å². The van der Waals surface area contributed by atoms with Gasteiger partial charge < -0.3 is 41.2 Å². The molecule has 436 valence electrons. The van der Waals surface area contributed by atoms with Crippen LogP contribution in [0, 0.1) is 45.3 Å². The van der Waals surface area contributed by atoms with Gasteiger partial charge in [-0.2, -0.15) is 0 Å². The first-order valence-electron chi connectivity index (χ1n) is 29.9. The third-order valence-electron chi connectivity index (χ3n) is 19.0. The predicted molar refractivity (Wildman–Crippen MR) is 336 cm³/mol. The molecule has 4 aliphatic carbocycles. The molecular formula is C72H72N8O6.